The van der Waals surface area contributed by atoms with Gasteiger partial charge in [0.05, 0.1) is 7.11 Å². The van der Waals surface area contributed by atoms with E-state index in [9.17, 15) is 0 Å². The van der Waals surface area contributed by atoms with Crippen molar-refractivity contribution in [2.45, 2.75) is 17.0 Å². The third-order valence-electron chi connectivity index (χ3n) is 2.12. The van der Waals surface area contributed by atoms with Crippen molar-refractivity contribution >= 4 is 29.3 Å². The first kappa shape index (κ1) is 13.9. The van der Waals surface area contributed by atoms with Gasteiger partial charge in [-0.25, -0.2) is 0 Å². The zero-order chi connectivity index (χ0) is 13.7. The minimum Gasteiger partial charge on any atom is -0.467 e. The molecule has 0 aliphatic heterocycles. The lowest BCUT2D eigenvalue weighted by Gasteiger charge is -2.06. The molecule has 0 unspecified atom stereocenters. The molecule has 1 aromatic carbocycles. The molecule has 5 nitrogen and oxygen atoms in total. The molecule has 0 fully saturated rings. The van der Waals surface area contributed by atoms with Gasteiger partial charge in [-0.2, -0.15) is 15.0 Å². The van der Waals surface area contributed by atoms with Crippen LogP contribution in [-0.4, -0.2) is 28.6 Å². The SMILES string of the molecule is CCNc1nc(OC)nc(Sc2cccc(Cl)c2)n1. The van der Waals surface area contributed by atoms with Crippen LogP contribution in [0.2, 0.25) is 5.02 Å². The second-order valence-electron chi connectivity index (χ2n) is 3.52. The summed E-state index contributed by atoms with van der Waals surface area (Å²) >= 11 is 7.35. The summed E-state index contributed by atoms with van der Waals surface area (Å²) < 4.78 is 5.06. The van der Waals surface area contributed by atoms with Crippen LogP contribution in [0.4, 0.5) is 5.95 Å². The second kappa shape index (κ2) is 6.58. The summed E-state index contributed by atoms with van der Waals surface area (Å²) in [6.45, 7) is 2.70. The van der Waals surface area contributed by atoms with Crippen LogP contribution in [0.1, 0.15) is 6.92 Å². The smallest absolute Gasteiger partial charge is 0.321 e. The lowest BCUT2D eigenvalue weighted by molar-refractivity contribution is 0.373. The van der Waals surface area contributed by atoms with E-state index in [1.807, 2.05) is 31.2 Å². The lowest BCUT2D eigenvalue weighted by Crippen LogP contribution is -2.05. The Hall–Kier alpha value is -1.53. The fourth-order valence-corrected chi connectivity index (χ4v) is 2.40. The van der Waals surface area contributed by atoms with E-state index in [0.29, 0.717) is 16.1 Å². The number of ether oxygens (including phenoxy) is 1. The highest BCUT2D eigenvalue weighted by Crippen LogP contribution is 2.28. The molecular formula is C12H13ClN4OS. The largest absolute Gasteiger partial charge is 0.467 e. The van der Waals surface area contributed by atoms with Gasteiger partial charge in [-0.3, -0.25) is 0 Å². The Morgan fingerprint density at radius 2 is 2.16 bits per heavy atom. The Balaban J connectivity index is 2.26. The van der Waals surface area contributed by atoms with Gasteiger partial charge >= 0.3 is 6.01 Å². The van der Waals surface area contributed by atoms with Crippen LogP contribution < -0.4 is 10.1 Å². The fraction of sp³-hybridized carbons (Fsp3) is 0.250. The molecule has 0 radical (unpaired) electrons. The number of rotatable bonds is 5. The molecule has 0 spiro atoms. The predicted octanol–water partition coefficient (Wildman–Crippen LogP) is 3.12. The quantitative estimate of drug-likeness (QED) is 0.915. The molecule has 2 rings (SSSR count). The van der Waals surface area contributed by atoms with Crippen molar-refractivity contribution in [1.29, 1.82) is 0 Å². The van der Waals surface area contributed by atoms with Crippen molar-refractivity contribution in [1.82, 2.24) is 15.0 Å². The van der Waals surface area contributed by atoms with Gasteiger partial charge in [-0.05, 0) is 36.9 Å². The molecular weight excluding hydrogens is 284 g/mol. The van der Waals surface area contributed by atoms with E-state index in [4.69, 9.17) is 16.3 Å². The van der Waals surface area contributed by atoms with Gasteiger partial charge in [0.2, 0.25) is 11.1 Å². The summed E-state index contributed by atoms with van der Waals surface area (Å²) in [6.07, 6.45) is 0. The van der Waals surface area contributed by atoms with E-state index in [1.54, 1.807) is 0 Å². The number of nitrogens with zero attached hydrogens (tertiary/aromatic N) is 3. The van der Waals surface area contributed by atoms with Crippen LogP contribution in [-0.2, 0) is 0 Å². The molecule has 1 N–H and O–H groups in total. The van der Waals surface area contributed by atoms with E-state index >= 15 is 0 Å². The van der Waals surface area contributed by atoms with Crippen molar-refractivity contribution in [3.05, 3.63) is 29.3 Å². The third kappa shape index (κ3) is 3.97. The van der Waals surface area contributed by atoms with Crippen molar-refractivity contribution in [2.75, 3.05) is 19.0 Å². The Labute approximate surface area is 120 Å². The van der Waals surface area contributed by atoms with Gasteiger partial charge in [-0.15, -0.1) is 0 Å². The minimum absolute atomic E-state index is 0.287. The monoisotopic (exact) mass is 296 g/mol. The molecule has 0 aliphatic rings. The molecule has 7 heteroatoms. The number of aromatic nitrogens is 3. The van der Waals surface area contributed by atoms with Gasteiger partial charge < -0.3 is 10.1 Å². The predicted molar refractivity (Wildman–Crippen MR) is 76.1 cm³/mol. The summed E-state index contributed by atoms with van der Waals surface area (Å²) in [5.41, 5.74) is 0. The molecule has 100 valence electrons. The highest BCUT2D eigenvalue weighted by atomic mass is 35.5. The van der Waals surface area contributed by atoms with Gasteiger partial charge in [0.1, 0.15) is 0 Å². The maximum absolute atomic E-state index is 5.95. The number of methoxy groups -OCH3 is 1. The van der Waals surface area contributed by atoms with E-state index in [0.717, 1.165) is 11.4 Å². The topological polar surface area (TPSA) is 59.9 Å². The Morgan fingerprint density at radius 1 is 1.32 bits per heavy atom. The van der Waals surface area contributed by atoms with Crippen LogP contribution in [0.3, 0.4) is 0 Å². The Bertz CT molecular complexity index is 567. The number of anilines is 1. The lowest BCUT2D eigenvalue weighted by atomic mass is 10.4. The van der Waals surface area contributed by atoms with Crippen molar-refractivity contribution in [2.24, 2.45) is 0 Å². The molecule has 1 heterocycles. The van der Waals surface area contributed by atoms with Crippen LogP contribution in [0.25, 0.3) is 0 Å². The first-order chi connectivity index (χ1) is 9.21. The molecule has 0 bridgehead atoms. The normalized spacial score (nSPS) is 10.3. The minimum atomic E-state index is 0.287. The molecule has 1 aromatic heterocycles. The van der Waals surface area contributed by atoms with E-state index in [-0.39, 0.29) is 6.01 Å². The van der Waals surface area contributed by atoms with Crippen LogP contribution in [0.5, 0.6) is 6.01 Å². The maximum atomic E-state index is 5.95. The molecule has 0 atom stereocenters. The van der Waals surface area contributed by atoms with E-state index < -0.39 is 0 Å². The highest BCUT2D eigenvalue weighted by molar-refractivity contribution is 7.99. The fourth-order valence-electron chi connectivity index (χ4n) is 1.35. The second-order valence-corrected chi connectivity index (χ2v) is 5.00. The first-order valence-corrected chi connectivity index (χ1v) is 6.88. The average Bonchev–Trinajstić information content (AvgIpc) is 2.39. The maximum Gasteiger partial charge on any atom is 0.321 e. The summed E-state index contributed by atoms with van der Waals surface area (Å²) in [7, 11) is 1.53. The van der Waals surface area contributed by atoms with Crippen molar-refractivity contribution in [3.63, 3.8) is 0 Å². The van der Waals surface area contributed by atoms with Gasteiger partial charge in [0, 0.05) is 16.5 Å². The van der Waals surface area contributed by atoms with Gasteiger partial charge in [0.25, 0.3) is 0 Å². The number of hydrogen-bond donors (Lipinski definition) is 1. The van der Waals surface area contributed by atoms with E-state index in [2.05, 4.69) is 20.3 Å². The Morgan fingerprint density at radius 3 is 2.84 bits per heavy atom. The molecule has 0 aliphatic carbocycles. The molecule has 0 amide bonds. The summed E-state index contributed by atoms with van der Waals surface area (Å²) in [5.74, 6) is 0.499. The van der Waals surface area contributed by atoms with Crippen molar-refractivity contribution < 1.29 is 4.74 Å². The molecule has 19 heavy (non-hydrogen) atoms. The van der Waals surface area contributed by atoms with Gasteiger partial charge in [0.15, 0.2) is 0 Å². The zero-order valence-corrected chi connectivity index (χ0v) is 12.1. The van der Waals surface area contributed by atoms with Crippen molar-refractivity contribution in [3.8, 4) is 6.01 Å². The number of hydrogen-bond acceptors (Lipinski definition) is 6. The number of halogens is 1. The van der Waals surface area contributed by atoms with Crippen LogP contribution >= 0.6 is 23.4 Å². The standard InChI is InChI=1S/C12H13ClN4OS/c1-3-14-10-15-11(18-2)17-12(16-10)19-9-6-4-5-8(13)7-9/h4-7H,3H2,1-2H3,(H,14,15,16,17). The molecule has 2 aromatic rings. The molecule has 0 saturated carbocycles. The Kier molecular flexibility index (Phi) is 4.81. The van der Waals surface area contributed by atoms with E-state index in [1.165, 1.54) is 18.9 Å². The zero-order valence-electron chi connectivity index (χ0n) is 10.6. The summed E-state index contributed by atoms with van der Waals surface area (Å²) in [6, 6.07) is 7.79. The highest BCUT2D eigenvalue weighted by Gasteiger charge is 2.08. The number of benzene rings is 1. The first-order valence-electron chi connectivity index (χ1n) is 5.68. The average molecular weight is 297 g/mol. The number of nitrogens with one attached hydrogen (secondary N) is 1. The summed E-state index contributed by atoms with van der Waals surface area (Å²) in [4.78, 5) is 13.6. The van der Waals surface area contributed by atoms with Crippen LogP contribution in [0, 0.1) is 0 Å². The third-order valence-corrected chi connectivity index (χ3v) is 3.21. The van der Waals surface area contributed by atoms with Gasteiger partial charge in [-0.1, -0.05) is 17.7 Å². The summed E-state index contributed by atoms with van der Waals surface area (Å²) in [5, 5.41) is 4.28. The van der Waals surface area contributed by atoms with Crippen LogP contribution in [0.15, 0.2) is 34.3 Å². The molecule has 0 saturated heterocycles.